The van der Waals surface area contributed by atoms with Crippen LogP contribution in [0, 0.1) is 0 Å². The maximum atomic E-state index is 12.7. The largest absolute Gasteiger partial charge is 0.338 e. The summed E-state index contributed by atoms with van der Waals surface area (Å²) in [6.45, 7) is 5.67. The molecule has 1 aliphatic rings. The van der Waals surface area contributed by atoms with E-state index in [4.69, 9.17) is 0 Å². The average molecular weight is 385 g/mol. The van der Waals surface area contributed by atoms with Crippen molar-refractivity contribution in [3.8, 4) is 0 Å². The molecule has 1 aromatic carbocycles. The van der Waals surface area contributed by atoms with Crippen molar-refractivity contribution >= 4 is 39.1 Å². The summed E-state index contributed by atoms with van der Waals surface area (Å²) in [7, 11) is -3.02. The van der Waals surface area contributed by atoms with Gasteiger partial charge in [-0.2, -0.15) is 0 Å². The Balaban J connectivity index is 2.00. The summed E-state index contributed by atoms with van der Waals surface area (Å²) < 4.78 is 23.4. The molecule has 2 rings (SSSR count). The zero-order valence-corrected chi connectivity index (χ0v) is 16.3. The van der Waals surface area contributed by atoms with Crippen LogP contribution in [-0.2, 0) is 19.4 Å². The Bertz CT molecular complexity index is 732. The lowest BCUT2D eigenvalue weighted by atomic mass is 10.2. The summed E-state index contributed by atoms with van der Waals surface area (Å²) in [6, 6.07) is 7.09. The first kappa shape index (κ1) is 19.8. The zero-order valence-electron chi connectivity index (χ0n) is 14.7. The molecule has 0 bridgehead atoms. The summed E-state index contributed by atoms with van der Waals surface area (Å²) in [4.78, 5) is 26.4. The van der Waals surface area contributed by atoms with E-state index in [1.165, 1.54) is 18.7 Å². The second-order valence-electron chi connectivity index (χ2n) is 6.15. The van der Waals surface area contributed by atoms with E-state index in [1.54, 1.807) is 17.0 Å². The van der Waals surface area contributed by atoms with Gasteiger partial charge >= 0.3 is 0 Å². The third-order valence-electron chi connectivity index (χ3n) is 4.11. The number of nitrogens with zero attached hydrogens (tertiary/aromatic N) is 1. The fourth-order valence-corrected chi connectivity index (χ4v) is 5.59. The van der Waals surface area contributed by atoms with Gasteiger partial charge in [0.25, 0.3) is 0 Å². The van der Waals surface area contributed by atoms with Crippen LogP contribution in [0.5, 0.6) is 0 Å². The van der Waals surface area contributed by atoms with Gasteiger partial charge in [-0.1, -0.05) is 0 Å². The fraction of sp³-hybridized carbons (Fsp3) is 0.529. The maximum Gasteiger partial charge on any atom is 0.236 e. The minimum absolute atomic E-state index is 0.0412. The van der Waals surface area contributed by atoms with Crippen LogP contribution in [0.3, 0.4) is 0 Å². The van der Waals surface area contributed by atoms with Gasteiger partial charge in [-0.05, 0) is 44.5 Å². The Labute approximate surface area is 153 Å². The molecule has 2 atom stereocenters. The highest BCUT2D eigenvalue weighted by atomic mass is 32.2. The topological polar surface area (TPSA) is 83.6 Å². The van der Waals surface area contributed by atoms with E-state index < -0.39 is 9.84 Å². The predicted molar refractivity (Wildman–Crippen MR) is 101 cm³/mol. The van der Waals surface area contributed by atoms with E-state index in [9.17, 15) is 18.0 Å². The molecule has 1 aromatic rings. The second kappa shape index (κ2) is 8.23. The molecule has 1 aliphatic heterocycles. The van der Waals surface area contributed by atoms with Crippen LogP contribution in [0.2, 0.25) is 0 Å². The molecule has 0 spiro atoms. The Morgan fingerprint density at radius 2 is 1.96 bits per heavy atom. The molecule has 25 heavy (non-hydrogen) atoms. The van der Waals surface area contributed by atoms with Crippen LogP contribution in [0.4, 0.5) is 5.69 Å². The number of amides is 2. The van der Waals surface area contributed by atoms with E-state index in [1.807, 2.05) is 26.0 Å². The number of carbonyl (C=O) groups excluding carboxylic acids is 2. The first-order valence-corrected chi connectivity index (χ1v) is 11.0. The third kappa shape index (κ3) is 5.47. The van der Waals surface area contributed by atoms with Gasteiger partial charge in [-0.15, -0.1) is 11.8 Å². The lowest BCUT2D eigenvalue weighted by Gasteiger charge is -2.29. The molecule has 138 valence electrons. The van der Waals surface area contributed by atoms with Crippen molar-refractivity contribution in [1.29, 1.82) is 0 Å². The van der Waals surface area contributed by atoms with Crippen molar-refractivity contribution in [2.24, 2.45) is 0 Å². The first-order valence-electron chi connectivity index (χ1n) is 8.27. The summed E-state index contributed by atoms with van der Waals surface area (Å²) in [5.74, 6) is 0.0535. The molecule has 1 heterocycles. The van der Waals surface area contributed by atoms with Crippen molar-refractivity contribution < 1.29 is 18.0 Å². The highest BCUT2D eigenvalue weighted by Crippen LogP contribution is 2.27. The molecular formula is C17H24N2O4S2. The minimum atomic E-state index is -3.02. The highest BCUT2D eigenvalue weighted by molar-refractivity contribution is 8.00. The smallest absolute Gasteiger partial charge is 0.236 e. The Morgan fingerprint density at radius 1 is 1.32 bits per heavy atom. The average Bonchev–Trinajstić information content (AvgIpc) is 2.89. The van der Waals surface area contributed by atoms with Crippen molar-refractivity contribution in [2.75, 3.05) is 23.4 Å². The molecular weight excluding hydrogens is 360 g/mol. The molecule has 0 unspecified atom stereocenters. The minimum Gasteiger partial charge on any atom is -0.338 e. The van der Waals surface area contributed by atoms with Crippen LogP contribution in [-0.4, -0.2) is 54.5 Å². The van der Waals surface area contributed by atoms with E-state index in [0.717, 1.165) is 4.90 Å². The Hall–Kier alpha value is -1.54. The summed E-state index contributed by atoms with van der Waals surface area (Å²) in [5, 5.41) is 2.39. The summed E-state index contributed by atoms with van der Waals surface area (Å²) in [6.07, 6.45) is 0.519. The first-order chi connectivity index (χ1) is 11.7. The molecule has 0 saturated carbocycles. The lowest BCUT2D eigenvalue weighted by molar-refractivity contribution is -0.131. The number of rotatable bonds is 6. The quantitative estimate of drug-likeness (QED) is 0.760. The molecule has 1 N–H and O–H groups in total. The van der Waals surface area contributed by atoms with Crippen molar-refractivity contribution in [3.05, 3.63) is 24.3 Å². The second-order valence-corrected chi connectivity index (χ2v) is 9.79. The number of carbonyl (C=O) groups is 2. The van der Waals surface area contributed by atoms with Crippen molar-refractivity contribution in [1.82, 2.24) is 4.90 Å². The molecule has 1 fully saturated rings. The van der Waals surface area contributed by atoms with Gasteiger partial charge in [0.15, 0.2) is 9.84 Å². The Kier molecular flexibility index (Phi) is 6.51. The summed E-state index contributed by atoms with van der Waals surface area (Å²) >= 11 is 1.43. The van der Waals surface area contributed by atoms with Crippen LogP contribution >= 0.6 is 11.8 Å². The van der Waals surface area contributed by atoms with Gasteiger partial charge in [-0.25, -0.2) is 8.42 Å². The van der Waals surface area contributed by atoms with Gasteiger partial charge in [0, 0.05) is 30.1 Å². The van der Waals surface area contributed by atoms with Crippen LogP contribution in [0.1, 0.15) is 27.2 Å². The predicted octanol–water partition coefficient (Wildman–Crippen LogP) is 2.16. The van der Waals surface area contributed by atoms with Crippen LogP contribution in [0.25, 0.3) is 0 Å². The van der Waals surface area contributed by atoms with E-state index >= 15 is 0 Å². The third-order valence-corrected chi connectivity index (χ3v) is 6.96. The van der Waals surface area contributed by atoms with E-state index in [0.29, 0.717) is 18.7 Å². The molecule has 6 nitrogen and oxygen atoms in total. The number of hydrogen-bond acceptors (Lipinski definition) is 5. The van der Waals surface area contributed by atoms with E-state index in [2.05, 4.69) is 5.32 Å². The fourth-order valence-electron chi connectivity index (χ4n) is 2.92. The molecule has 8 heteroatoms. The number of anilines is 1. The van der Waals surface area contributed by atoms with Crippen molar-refractivity contribution in [2.45, 2.75) is 43.4 Å². The molecule has 0 aliphatic carbocycles. The number of thioether (sulfide) groups is 1. The van der Waals surface area contributed by atoms with Gasteiger partial charge in [0.1, 0.15) is 0 Å². The normalized spacial score (nSPS) is 20.0. The lowest BCUT2D eigenvalue weighted by Crippen LogP contribution is -2.44. The monoisotopic (exact) mass is 384 g/mol. The van der Waals surface area contributed by atoms with Gasteiger partial charge in [0.2, 0.25) is 11.8 Å². The molecule has 1 saturated heterocycles. The van der Waals surface area contributed by atoms with Crippen LogP contribution in [0.15, 0.2) is 29.2 Å². The van der Waals surface area contributed by atoms with Gasteiger partial charge in [-0.3, -0.25) is 9.59 Å². The highest BCUT2D eigenvalue weighted by Gasteiger charge is 2.35. The number of hydrogen-bond donors (Lipinski definition) is 1. The molecule has 0 aromatic heterocycles. The standard InChI is InChI=1S/C17H24N2O4S2/c1-4-19(15-9-10-25(22,23)11-15)17(21)12(2)24-16-7-5-14(6-8-16)18-13(3)20/h5-8,12,15H,4,9-11H2,1-3H3,(H,18,20)/t12-,15+/m1/s1. The van der Waals surface area contributed by atoms with Gasteiger partial charge < -0.3 is 10.2 Å². The molecule has 2 amide bonds. The van der Waals surface area contributed by atoms with Gasteiger partial charge in [0.05, 0.1) is 16.8 Å². The maximum absolute atomic E-state index is 12.7. The molecule has 0 radical (unpaired) electrons. The summed E-state index contributed by atoms with van der Waals surface area (Å²) in [5.41, 5.74) is 0.710. The number of nitrogens with one attached hydrogen (secondary N) is 1. The van der Waals surface area contributed by atoms with Crippen molar-refractivity contribution in [3.63, 3.8) is 0 Å². The van der Waals surface area contributed by atoms with E-state index in [-0.39, 0.29) is 34.6 Å². The van der Waals surface area contributed by atoms with Crippen LogP contribution < -0.4 is 5.32 Å². The Morgan fingerprint density at radius 3 is 2.44 bits per heavy atom. The zero-order chi connectivity index (χ0) is 18.6. The number of benzene rings is 1. The SMILES string of the molecule is CCN(C(=O)[C@@H](C)Sc1ccc(NC(C)=O)cc1)[C@H]1CCS(=O)(=O)C1. The number of sulfone groups is 1.